The standard InChI is InChI=1S/C27H23N5O2/c1-34-23-10-5-7-19(17-23)18-28-26(33)21-15-13-20(14-16-21)24-11-6-12-25-30-27(31-32(24)25)29-22-8-3-2-4-9-22/h2-17H,18H2,1H3,(H,28,33)(H,29,31). The van der Waals surface area contributed by atoms with E-state index in [1.807, 2.05) is 97.1 Å². The normalized spacial score (nSPS) is 10.7. The molecule has 0 saturated heterocycles. The molecule has 0 fully saturated rings. The highest BCUT2D eigenvalue weighted by atomic mass is 16.5. The lowest BCUT2D eigenvalue weighted by Crippen LogP contribution is -2.22. The first-order valence-corrected chi connectivity index (χ1v) is 10.9. The van der Waals surface area contributed by atoms with Crippen LogP contribution in [0.25, 0.3) is 16.9 Å². The molecule has 0 atom stereocenters. The van der Waals surface area contributed by atoms with Crippen LogP contribution >= 0.6 is 0 Å². The molecule has 0 saturated carbocycles. The van der Waals surface area contributed by atoms with Crippen LogP contribution in [0.4, 0.5) is 11.6 Å². The highest BCUT2D eigenvalue weighted by Crippen LogP contribution is 2.22. The smallest absolute Gasteiger partial charge is 0.251 e. The van der Waals surface area contributed by atoms with E-state index in [0.717, 1.165) is 33.9 Å². The minimum atomic E-state index is -0.136. The van der Waals surface area contributed by atoms with Gasteiger partial charge in [-0.3, -0.25) is 4.79 Å². The molecule has 7 heteroatoms. The fourth-order valence-corrected chi connectivity index (χ4v) is 3.69. The Kier molecular flexibility index (Phi) is 5.90. The molecule has 168 valence electrons. The Bertz CT molecular complexity index is 1430. The lowest BCUT2D eigenvalue weighted by Gasteiger charge is -2.08. The number of hydrogen-bond donors (Lipinski definition) is 2. The molecular weight excluding hydrogens is 426 g/mol. The van der Waals surface area contributed by atoms with E-state index >= 15 is 0 Å². The molecule has 7 nitrogen and oxygen atoms in total. The van der Waals surface area contributed by atoms with E-state index in [-0.39, 0.29) is 5.91 Å². The van der Waals surface area contributed by atoms with Crippen molar-refractivity contribution in [2.75, 3.05) is 12.4 Å². The first-order chi connectivity index (χ1) is 16.7. The van der Waals surface area contributed by atoms with Gasteiger partial charge in [0.15, 0.2) is 5.65 Å². The van der Waals surface area contributed by atoms with E-state index in [4.69, 9.17) is 4.74 Å². The summed E-state index contributed by atoms with van der Waals surface area (Å²) in [5, 5.41) is 10.8. The van der Waals surface area contributed by atoms with E-state index in [2.05, 4.69) is 20.7 Å². The molecular formula is C27H23N5O2. The third-order valence-corrected chi connectivity index (χ3v) is 5.42. The van der Waals surface area contributed by atoms with E-state index in [1.54, 1.807) is 11.6 Å². The topological polar surface area (TPSA) is 80.5 Å². The van der Waals surface area contributed by atoms with Crippen LogP contribution in [0.15, 0.2) is 97.1 Å². The Morgan fingerprint density at radius 3 is 2.50 bits per heavy atom. The van der Waals surface area contributed by atoms with E-state index < -0.39 is 0 Å². The maximum atomic E-state index is 12.6. The highest BCUT2D eigenvalue weighted by molar-refractivity contribution is 5.94. The van der Waals surface area contributed by atoms with Gasteiger partial charge in [0.05, 0.1) is 12.8 Å². The minimum absolute atomic E-state index is 0.136. The average Bonchev–Trinajstić information content (AvgIpc) is 3.30. The van der Waals surface area contributed by atoms with Gasteiger partial charge < -0.3 is 15.4 Å². The predicted octanol–water partition coefficient (Wildman–Crippen LogP) is 5.08. The summed E-state index contributed by atoms with van der Waals surface area (Å²) >= 11 is 0. The lowest BCUT2D eigenvalue weighted by molar-refractivity contribution is 0.0951. The summed E-state index contributed by atoms with van der Waals surface area (Å²) in [5.41, 5.74) is 5.03. The fourth-order valence-electron chi connectivity index (χ4n) is 3.69. The van der Waals surface area contributed by atoms with Gasteiger partial charge >= 0.3 is 0 Å². The predicted molar refractivity (Wildman–Crippen MR) is 132 cm³/mol. The summed E-state index contributed by atoms with van der Waals surface area (Å²) in [5.74, 6) is 1.15. The second-order valence-corrected chi connectivity index (χ2v) is 7.72. The Hall–Kier alpha value is -4.65. The molecule has 34 heavy (non-hydrogen) atoms. The number of nitrogens with zero attached hydrogens (tertiary/aromatic N) is 3. The third-order valence-electron chi connectivity index (χ3n) is 5.42. The van der Waals surface area contributed by atoms with Crippen molar-refractivity contribution in [3.05, 3.63) is 108 Å². The number of carbonyl (C=O) groups is 1. The number of hydrogen-bond acceptors (Lipinski definition) is 5. The first-order valence-electron chi connectivity index (χ1n) is 10.9. The summed E-state index contributed by atoms with van der Waals surface area (Å²) in [6, 6.07) is 30.7. The Labute approximate surface area is 197 Å². The van der Waals surface area contributed by atoms with Crippen molar-refractivity contribution in [2.45, 2.75) is 6.54 Å². The van der Waals surface area contributed by atoms with Crippen molar-refractivity contribution in [3.63, 3.8) is 0 Å². The minimum Gasteiger partial charge on any atom is -0.497 e. The number of nitrogens with one attached hydrogen (secondary N) is 2. The fraction of sp³-hybridized carbons (Fsp3) is 0.0741. The molecule has 0 aliphatic heterocycles. The molecule has 5 rings (SSSR count). The van der Waals surface area contributed by atoms with Crippen LogP contribution in [0.2, 0.25) is 0 Å². The Morgan fingerprint density at radius 2 is 1.71 bits per heavy atom. The zero-order valence-corrected chi connectivity index (χ0v) is 18.6. The summed E-state index contributed by atoms with van der Waals surface area (Å²) in [7, 11) is 1.62. The molecule has 2 aromatic heterocycles. The number of ether oxygens (including phenoxy) is 1. The number of amides is 1. The molecule has 0 aliphatic carbocycles. The SMILES string of the molecule is COc1cccc(CNC(=O)c2ccc(-c3cccc4nc(Nc5ccccc5)nn34)cc2)c1. The van der Waals surface area contributed by atoms with Gasteiger partial charge in [0, 0.05) is 23.4 Å². The monoisotopic (exact) mass is 449 g/mol. The number of pyridine rings is 1. The number of methoxy groups -OCH3 is 1. The van der Waals surface area contributed by atoms with Gasteiger partial charge in [0.2, 0.25) is 5.95 Å². The molecule has 1 amide bonds. The average molecular weight is 450 g/mol. The maximum Gasteiger partial charge on any atom is 0.251 e. The molecule has 0 aliphatic rings. The van der Waals surface area contributed by atoms with Crippen LogP contribution in [0.3, 0.4) is 0 Å². The van der Waals surface area contributed by atoms with E-state index in [0.29, 0.717) is 18.1 Å². The summed E-state index contributed by atoms with van der Waals surface area (Å²) in [6.07, 6.45) is 0. The zero-order chi connectivity index (χ0) is 23.3. The van der Waals surface area contributed by atoms with Crippen molar-refractivity contribution in [3.8, 4) is 17.0 Å². The summed E-state index contributed by atoms with van der Waals surface area (Å²) in [6.45, 7) is 0.424. The van der Waals surface area contributed by atoms with Crippen LogP contribution in [0.5, 0.6) is 5.75 Å². The molecule has 5 aromatic rings. The zero-order valence-electron chi connectivity index (χ0n) is 18.6. The summed E-state index contributed by atoms with van der Waals surface area (Å²) in [4.78, 5) is 17.2. The van der Waals surface area contributed by atoms with Crippen LogP contribution < -0.4 is 15.4 Å². The highest BCUT2D eigenvalue weighted by Gasteiger charge is 2.11. The first kappa shape index (κ1) is 21.2. The molecule has 2 N–H and O–H groups in total. The third kappa shape index (κ3) is 4.59. The van der Waals surface area contributed by atoms with Gasteiger partial charge in [0.1, 0.15) is 5.75 Å². The van der Waals surface area contributed by atoms with Gasteiger partial charge in [-0.05, 0) is 54.1 Å². The molecule has 0 bridgehead atoms. The van der Waals surface area contributed by atoms with Crippen LogP contribution in [0.1, 0.15) is 15.9 Å². The van der Waals surface area contributed by atoms with Crippen molar-refractivity contribution >= 4 is 23.2 Å². The quantitative estimate of drug-likeness (QED) is 0.362. The number of fused-ring (bicyclic) bond motifs is 1. The Morgan fingerprint density at radius 1 is 0.912 bits per heavy atom. The van der Waals surface area contributed by atoms with Crippen molar-refractivity contribution in [2.24, 2.45) is 0 Å². The maximum absolute atomic E-state index is 12.6. The molecule has 0 radical (unpaired) electrons. The van der Waals surface area contributed by atoms with E-state index in [9.17, 15) is 4.79 Å². The largest absolute Gasteiger partial charge is 0.497 e. The van der Waals surface area contributed by atoms with Crippen LogP contribution in [-0.2, 0) is 6.54 Å². The van der Waals surface area contributed by atoms with Crippen LogP contribution in [0, 0.1) is 0 Å². The second-order valence-electron chi connectivity index (χ2n) is 7.72. The number of para-hydroxylation sites is 1. The van der Waals surface area contributed by atoms with Crippen molar-refractivity contribution in [1.82, 2.24) is 19.9 Å². The van der Waals surface area contributed by atoms with Crippen LogP contribution in [-0.4, -0.2) is 27.6 Å². The summed E-state index contributed by atoms with van der Waals surface area (Å²) < 4.78 is 7.03. The van der Waals surface area contributed by atoms with Gasteiger partial charge in [-0.2, -0.15) is 4.98 Å². The molecule has 3 aromatic carbocycles. The van der Waals surface area contributed by atoms with Crippen molar-refractivity contribution in [1.29, 1.82) is 0 Å². The number of anilines is 2. The number of carbonyl (C=O) groups excluding carboxylic acids is 1. The Balaban J connectivity index is 1.32. The van der Waals surface area contributed by atoms with Gasteiger partial charge in [-0.15, -0.1) is 5.10 Å². The lowest BCUT2D eigenvalue weighted by atomic mass is 10.1. The van der Waals surface area contributed by atoms with Gasteiger partial charge in [-0.1, -0.05) is 48.5 Å². The second kappa shape index (κ2) is 9.46. The van der Waals surface area contributed by atoms with E-state index in [1.165, 1.54) is 0 Å². The van der Waals surface area contributed by atoms with Gasteiger partial charge in [0.25, 0.3) is 5.91 Å². The number of rotatable bonds is 7. The molecule has 0 spiro atoms. The van der Waals surface area contributed by atoms with Crippen molar-refractivity contribution < 1.29 is 9.53 Å². The number of aromatic nitrogens is 3. The molecule has 2 heterocycles. The van der Waals surface area contributed by atoms with Gasteiger partial charge in [-0.25, -0.2) is 4.52 Å². The molecule has 0 unspecified atom stereocenters. The number of benzene rings is 3.